The fraction of sp³-hybridized carbons (Fsp3) is 0.833. The second kappa shape index (κ2) is 5.60. The zero-order valence-electron chi connectivity index (χ0n) is 11.0. The van der Waals surface area contributed by atoms with Gasteiger partial charge in [0.15, 0.2) is 0 Å². The number of piperidine rings is 1. The molecule has 96 valence electrons. The van der Waals surface area contributed by atoms with Gasteiger partial charge in [0.2, 0.25) is 0 Å². The monoisotopic (exact) mass is 237 g/mol. The molecule has 17 heavy (non-hydrogen) atoms. The van der Waals surface area contributed by atoms with Gasteiger partial charge in [0.1, 0.15) is 12.2 Å². The molecule has 0 aromatic carbocycles. The van der Waals surface area contributed by atoms with Gasteiger partial charge < -0.3 is 10.2 Å². The molecule has 0 radical (unpaired) electrons. The Kier molecular flexibility index (Phi) is 4.12. The molecule has 5 nitrogen and oxygen atoms in total. The topological polar surface area (TPSA) is 56.8 Å². The highest BCUT2D eigenvalue weighted by atomic mass is 15.2. The highest BCUT2D eigenvalue weighted by Gasteiger charge is 2.22. The van der Waals surface area contributed by atoms with Gasteiger partial charge >= 0.3 is 0 Å². The molecule has 0 amide bonds. The van der Waals surface area contributed by atoms with Crippen LogP contribution >= 0.6 is 0 Å². The average Bonchev–Trinajstić information content (AvgIpc) is 2.83. The molecular weight excluding hydrogens is 214 g/mol. The summed E-state index contributed by atoms with van der Waals surface area (Å²) in [5.41, 5.74) is 0. The lowest BCUT2D eigenvalue weighted by Crippen LogP contribution is -2.45. The molecule has 0 spiro atoms. The van der Waals surface area contributed by atoms with E-state index < -0.39 is 0 Å². The molecule has 0 aliphatic carbocycles. The second-order valence-electron chi connectivity index (χ2n) is 5.16. The first-order valence-corrected chi connectivity index (χ1v) is 6.52. The first kappa shape index (κ1) is 12.5. The first-order chi connectivity index (χ1) is 8.16. The third kappa shape index (κ3) is 3.26. The Hall–Kier alpha value is -0.940. The van der Waals surface area contributed by atoms with E-state index in [4.69, 9.17) is 0 Å². The number of likely N-dealkylation sites (tertiary alicyclic amines) is 1. The maximum absolute atomic E-state index is 4.19. The SMILES string of the molecule is CC(NC1CCN(C(C)C)CC1)c1ncn[nH]1. The minimum atomic E-state index is 0.257. The molecule has 0 saturated carbocycles. The van der Waals surface area contributed by atoms with Crippen molar-refractivity contribution in [3.63, 3.8) is 0 Å². The number of H-pyrrole nitrogens is 1. The van der Waals surface area contributed by atoms with Crippen LogP contribution < -0.4 is 5.32 Å². The molecule has 1 aromatic rings. The maximum atomic E-state index is 4.19. The van der Waals surface area contributed by atoms with Gasteiger partial charge in [0.25, 0.3) is 0 Å². The highest BCUT2D eigenvalue weighted by Crippen LogP contribution is 2.16. The zero-order valence-corrected chi connectivity index (χ0v) is 11.0. The van der Waals surface area contributed by atoms with Crippen LogP contribution in [0.25, 0.3) is 0 Å². The Balaban J connectivity index is 1.78. The van der Waals surface area contributed by atoms with Crippen molar-refractivity contribution in [2.75, 3.05) is 13.1 Å². The lowest BCUT2D eigenvalue weighted by Gasteiger charge is -2.35. The van der Waals surface area contributed by atoms with E-state index >= 15 is 0 Å². The molecular formula is C12H23N5. The third-order valence-electron chi connectivity index (χ3n) is 3.59. The van der Waals surface area contributed by atoms with Gasteiger partial charge in [-0.15, -0.1) is 0 Å². The third-order valence-corrected chi connectivity index (χ3v) is 3.59. The van der Waals surface area contributed by atoms with Crippen LogP contribution in [0.3, 0.4) is 0 Å². The molecule has 1 unspecified atom stereocenters. The Morgan fingerprint density at radius 1 is 1.35 bits per heavy atom. The van der Waals surface area contributed by atoms with E-state index in [0.717, 1.165) is 5.82 Å². The highest BCUT2D eigenvalue weighted by molar-refractivity contribution is 4.91. The van der Waals surface area contributed by atoms with Crippen molar-refractivity contribution < 1.29 is 0 Å². The van der Waals surface area contributed by atoms with Gasteiger partial charge in [-0.05, 0) is 46.7 Å². The lowest BCUT2D eigenvalue weighted by molar-refractivity contribution is 0.157. The summed E-state index contributed by atoms with van der Waals surface area (Å²) in [6.45, 7) is 9.06. The van der Waals surface area contributed by atoms with E-state index in [9.17, 15) is 0 Å². The molecule has 2 heterocycles. The summed E-state index contributed by atoms with van der Waals surface area (Å²) in [5, 5.41) is 10.4. The van der Waals surface area contributed by atoms with Gasteiger partial charge in [-0.2, -0.15) is 5.10 Å². The molecule has 0 bridgehead atoms. The minimum Gasteiger partial charge on any atom is -0.305 e. The van der Waals surface area contributed by atoms with Crippen LogP contribution in [0.4, 0.5) is 0 Å². The zero-order chi connectivity index (χ0) is 12.3. The summed E-state index contributed by atoms with van der Waals surface area (Å²) in [5.74, 6) is 0.927. The first-order valence-electron chi connectivity index (χ1n) is 6.52. The Bertz CT molecular complexity index is 314. The summed E-state index contributed by atoms with van der Waals surface area (Å²) >= 11 is 0. The predicted octanol–water partition coefficient (Wildman–Crippen LogP) is 1.33. The second-order valence-corrected chi connectivity index (χ2v) is 5.16. The van der Waals surface area contributed by atoms with E-state index in [0.29, 0.717) is 12.1 Å². The molecule has 1 atom stereocenters. The fourth-order valence-electron chi connectivity index (χ4n) is 2.44. The number of hydrogen-bond donors (Lipinski definition) is 2. The Morgan fingerprint density at radius 2 is 2.06 bits per heavy atom. The van der Waals surface area contributed by atoms with E-state index in [1.807, 2.05) is 0 Å². The molecule has 1 aliphatic rings. The number of rotatable bonds is 4. The quantitative estimate of drug-likeness (QED) is 0.829. The van der Waals surface area contributed by atoms with Gasteiger partial charge in [-0.1, -0.05) is 0 Å². The van der Waals surface area contributed by atoms with Crippen LogP contribution in [0.1, 0.15) is 45.5 Å². The van der Waals surface area contributed by atoms with Crippen LogP contribution in [0.2, 0.25) is 0 Å². The molecule has 1 aliphatic heterocycles. The van der Waals surface area contributed by atoms with Crippen LogP contribution in [0.15, 0.2) is 6.33 Å². The van der Waals surface area contributed by atoms with Crippen LogP contribution in [-0.2, 0) is 0 Å². The maximum Gasteiger partial charge on any atom is 0.141 e. The Labute approximate surface area is 103 Å². The standard InChI is InChI=1S/C12H23N5/c1-9(2)17-6-4-11(5-7-17)15-10(3)12-13-8-14-16-12/h8-11,15H,4-7H2,1-3H3,(H,13,14,16). The van der Waals surface area contributed by atoms with Crippen molar-refractivity contribution >= 4 is 0 Å². The van der Waals surface area contributed by atoms with Gasteiger partial charge in [0.05, 0.1) is 6.04 Å². The number of nitrogens with one attached hydrogen (secondary N) is 2. The van der Waals surface area contributed by atoms with Crippen molar-refractivity contribution in [1.29, 1.82) is 0 Å². The summed E-state index contributed by atoms with van der Waals surface area (Å²) < 4.78 is 0. The van der Waals surface area contributed by atoms with E-state index in [1.54, 1.807) is 6.33 Å². The van der Waals surface area contributed by atoms with Crippen molar-refractivity contribution in [2.45, 2.75) is 51.7 Å². The molecule has 1 fully saturated rings. The van der Waals surface area contributed by atoms with Crippen LogP contribution in [-0.4, -0.2) is 45.3 Å². The van der Waals surface area contributed by atoms with Crippen molar-refractivity contribution in [3.8, 4) is 0 Å². The summed E-state index contributed by atoms with van der Waals surface area (Å²) in [6, 6.07) is 1.53. The summed E-state index contributed by atoms with van der Waals surface area (Å²) in [7, 11) is 0. The number of nitrogens with zero attached hydrogens (tertiary/aromatic N) is 3. The molecule has 1 aromatic heterocycles. The van der Waals surface area contributed by atoms with E-state index in [2.05, 4.69) is 46.2 Å². The average molecular weight is 237 g/mol. The molecule has 5 heteroatoms. The fourth-order valence-corrected chi connectivity index (χ4v) is 2.44. The van der Waals surface area contributed by atoms with Gasteiger partial charge in [-0.3, -0.25) is 5.10 Å². The Morgan fingerprint density at radius 3 is 2.59 bits per heavy atom. The summed E-state index contributed by atoms with van der Waals surface area (Å²) in [4.78, 5) is 6.72. The van der Waals surface area contributed by atoms with E-state index in [1.165, 1.54) is 25.9 Å². The predicted molar refractivity (Wildman–Crippen MR) is 67.7 cm³/mol. The van der Waals surface area contributed by atoms with Crippen molar-refractivity contribution in [2.24, 2.45) is 0 Å². The minimum absolute atomic E-state index is 0.257. The smallest absolute Gasteiger partial charge is 0.141 e. The summed E-state index contributed by atoms with van der Waals surface area (Å²) in [6.07, 6.45) is 4.00. The normalized spacial score (nSPS) is 20.9. The molecule has 1 saturated heterocycles. The number of hydrogen-bond acceptors (Lipinski definition) is 4. The number of aromatic nitrogens is 3. The van der Waals surface area contributed by atoms with E-state index in [-0.39, 0.29) is 6.04 Å². The molecule has 2 N–H and O–H groups in total. The van der Waals surface area contributed by atoms with Crippen LogP contribution in [0, 0.1) is 0 Å². The van der Waals surface area contributed by atoms with Gasteiger partial charge in [0, 0.05) is 12.1 Å². The van der Waals surface area contributed by atoms with Crippen molar-refractivity contribution in [3.05, 3.63) is 12.2 Å². The lowest BCUT2D eigenvalue weighted by atomic mass is 10.0. The van der Waals surface area contributed by atoms with Gasteiger partial charge in [-0.25, -0.2) is 4.98 Å². The molecule has 2 rings (SSSR count). The van der Waals surface area contributed by atoms with Crippen LogP contribution in [0.5, 0.6) is 0 Å². The van der Waals surface area contributed by atoms with Crippen molar-refractivity contribution in [1.82, 2.24) is 25.4 Å². The largest absolute Gasteiger partial charge is 0.305 e. The number of aromatic amines is 1.